The van der Waals surface area contributed by atoms with Gasteiger partial charge in [-0.25, -0.2) is 4.98 Å². The molecule has 2 aromatic heterocycles. The number of hydrogen-bond acceptors (Lipinski definition) is 5. The first kappa shape index (κ1) is 14.2. The second kappa shape index (κ2) is 6.32. The van der Waals surface area contributed by atoms with Crippen molar-refractivity contribution in [3.05, 3.63) is 35.6 Å². The zero-order valence-corrected chi connectivity index (χ0v) is 12.6. The highest BCUT2D eigenvalue weighted by atomic mass is 32.1. The highest BCUT2D eigenvalue weighted by molar-refractivity contribution is 7.16. The van der Waals surface area contributed by atoms with Crippen LogP contribution in [0.1, 0.15) is 22.5 Å². The summed E-state index contributed by atoms with van der Waals surface area (Å²) < 4.78 is 5.18. The molecule has 1 unspecified atom stereocenters. The third-order valence-electron chi connectivity index (χ3n) is 3.51. The lowest BCUT2D eigenvalue weighted by atomic mass is 10.2. The number of carbonyl (C=O) groups excluding carboxylic acids is 1. The van der Waals surface area contributed by atoms with Crippen molar-refractivity contribution in [3.63, 3.8) is 0 Å². The van der Waals surface area contributed by atoms with Crippen molar-refractivity contribution in [2.24, 2.45) is 5.92 Å². The van der Waals surface area contributed by atoms with E-state index >= 15 is 0 Å². The van der Waals surface area contributed by atoms with Crippen LogP contribution in [0.25, 0.3) is 10.6 Å². The average molecular weight is 303 g/mol. The zero-order valence-electron chi connectivity index (χ0n) is 11.8. The van der Waals surface area contributed by atoms with Crippen molar-refractivity contribution in [1.29, 1.82) is 0 Å². The van der Waals surface area contributed by atoms with Crippen LogP contribution in [0.2, 0.25) is 0 Å². The Morgan fingerprint density at radius 1 is 1.48 bits per heavy atom. The molecule has 3 rings (SSSR count). The summed E-state index contributed by atoms with van der Waals surface area (Å²) >= 11 is 1.39. The lowest BCUT2D eigenvalue weighted by Gasteiger charge is -2.16. The lowest BCUT2D eigenvalue weighted by molar-refractivity contribution is 0.0888. The Balaban J connectivity index is 1.69. The monoisotopic (exact) mass is 303 g/mol. The number of carbonyl (C=O) groups is 1. The molecule has 0 aliphatic heterocycles. The van der Waals surface area contributed by atoms with Crippen LogP contribution in [-0.2, 0) is 4.74 Å². The van der Waals surface area contributed by atoms with Crippen molar-refractivity contribution in [1.82, 2.24) is 15.3 Å². The molecule has 1 atom stereocenters. The maximum absolute atomic E-state index is 12.3. The maximum atomic E-state index is 12.3. The van der Waals surface area contributed by atoms with Gasteiger partial charge in [-0.2, -0.15) is 0 Å². The summed E-state index contributed by atoms with van der Waals surface area (Å²) in [6.45, 7) is 0.562. The fourth-order valence-corrected chi connectivity index (χ4v) is 3.04. The second-order valence-corrected chi connectivity index (χ2v) is 6.17. The molecule has 1 saturated carbocycles. The van der Waals surface area contributed by atoms with Gasteiger partial charge in [0, 0.05) is 25.1 Å². The van der Waals surface area contributed by atoms with E-state index < -0.39 is 0 Å². The Morgan fingerprint density at radius 3 is 2.90 bits per heavy atom. The first-order valence-corrected chi connectivity index (χ1v) is 7.75. The Morgan fingerprint density at radius 2 is 2.24 bits per heavy atom. The number of hydrogen-bond donors (Lipinski definition) is 1. The topological polar surface area (TPSA) is 64.1 Å². The molecule has 2 aromatic rings. The van der Waals surface area contributed by atoms with Gasteiger partial charge in [-0.3, -0.25) is 9.78 Å². The van der Waals surface area contributed by atoms with Gasteiger partial charge in [-0.1, -0.05) is 0 Å². The van der Waals surface area contributed by atoms with Crippen molar-refractivity contribution in [2.45, 2.75) is 18.9 Å². The molecule has 0 spiro atoms. The van der Waals surface area contributed by atoms with Gasteiger partial charge in [0.1, 0.15) is 9.88 Å². The number of amides is 1. The number of nitrogens with zero attached hydrogens (tertiary/aromatic N) is 2. The van der Waals surface area contributed by atoms with Crippen LogP contribution in [-0.4, -0.2) is 35.6 Å². The predicted molar refractivity (Wildman–Crippen MR) is 81.2 cm³/mol. The summed E-state index contributed by atoms with van der Waals surface area (Å²) in [6.07, 6.45) is 7.40. The highest BCUT2D eigenvalue weighted by Gasteiger charge is 2.32. The van der Waals surface area contributed by atoms with Gasteiger partial charge in [0.15, 0.2) is 0 Å². The Bertz CT molecular complexity index is 610. The van der Waals surface area contributed by atoms with E-state index in [9.17, 15) is 4.79 Å². The van der Waals surface area contributed by atoms with Gasteiger partial charge in [-0.05, 0) is 30.9 Å². The van der Waals surface area contributed by atoms with E-state index in [4.69, 9.17) is 4.74 Å². The molecule has 0 saturated heterocycles. The van der Waals surface area contributed by atoms with Crippen LogP contribution in [0.3, 0.4) is 0 Å². The number of rotatable bonds is 6. The smallest absolute Gasteiger partial charge is 0.263 e. The third-order valence-corrected chi connectivity index (χ3v) is 4.56. The molecule has 110 valence electrons. The molecule has 1 fully saturated rings. The van der Waals surface area contributed by atoms with Crippen LogP contribution in [0.4, 0.5) is 0 Å². The molecule has 0 bridgehead atoms. The highest BCUT2D eigenvalue weighted by Crippen LogP contribution is 2.33. The SMILES string of the molecule is COCC(NC(=O)c1cnc(-c2ccncc2)s1)C1CC1. The molecular weight excluding hydrogens is 286 g/mol. The minimum Gasteiger partial charge on any atom is -0.383 e. The van der Waals surface area contributed by atoms with Crippen LogP contribution < -0.4 is 5.32 Å². The van der Waals surface area contributed by atoms with Crippen LogP contribution in [0.15, 0.2) is 30.7 Å². The lowest BCUT2D eigenvalue weighted by Crippen LogP contribution is -2.39. The standard InChI is InChI=1S/C15H17N3O2S/c1-20-9-12(10-2-3-10)18-14(19)13-8-17-15(21-13)11-4-6-16-7-5-11/h4-8,10,12H,2-3,9H2,1H3,(H,18,19). The van der Waals surface area contributed by atoms with E-state index in [1.165, 1.54) is 24.2 Å². The fourth-order valence-electron chi connectivity index (χ4n) is 2.22. The molecule has 2 heterocycles. The molecule has 1 aliphatic rings. The number of pyridine rings is 1. The molecule has 21 heavy (non-hydrogen) atoms. The number of ether oxygens (including phenoxy) is 1. The van der Waals surface area contributed by atoms with Crippen LogP contribution in [0.5, 0.6) is 0 Å². The number of nitrogens with one attached hydrogen (secondary N) is 1. The molecular formula is C15H17N3O2S. The van der Waals surface area contributed by atoms with Gasteiger partial charge in [0.25, 0.3) is 5.91 Å². The predicted octanol–water partition coefficient (Wildman–Crippen LogP) is 2.36. The van der Waals surface area contributed by atoms with Gasteiger partial charge in [0.2, 0.25) is 0 Å². The molecule has 0 aromatic carbocycles. The van der Waals surface area contributed by atoms with Gasteiger partial charge >= 0.3 is 0 Å². The summed E-state index contributed by atoms with van der Waals surface area (Å²) in [5.41, 5.74) is 0.977. The zero-order chi connectivity index (χ0) is 14.7. The van der Waals surface area contributed by atoms with Crippen LogP contribution in [0, 0.1) is 5.92 Å². The minimum atomic E-state index is -0.0678. The first-order chi connectivity index (χ1) is 10.3. The van der Waals surface area contributed by atoms with Crippen molar-refractivity contribution in [3.8, 4) is 10.6 Å². The van der Waals surface area contributed by atoms with E-state index in [2.05, 4.69) is 15.3 Å². The molecule has 1 amide bonds. The van der Waals surface area contributed by atoms with Gasteiger partial charge in [-0.15, -0.1) is 11.3 Å². The minimum absolute atomic E-state index is 0.0678. The Labute approximate surface area is 127 Å². The maximum Gasteiger partial charge on any atom is 0.263 e. The van der Waals surface area contributed by atoms with Gasteiger partial charge in [0.05, 0.1) is 18.8 Å². The molecule has 6 heteroatoms. The van der Waals surface area contributed by atoms with E-state index in [1.54, 1.807) is 25.7 Å². The molecule has 0 radical (unpaired) electrons. The van der Waals surface area contributed by atoms with Crippen LogP contribution >= 0.6 is 11.3 Å². The summed E-state index contributed by atoms with van der Waals surface area (Å²) in [6, 6.07) is 3.88. The van der Waals surface area contributed by atoms with E-state index in [0.717, 1.165) is 10.6 Å². The number of aromatic nitrogens is 2. The number of thiazole rings is 1. The van der Waals surface area contributed by atoms with Crippen molar-refractivity contribution >= 4 is 17.2 Å². The number of methoxy groups -OCH3 is 1. The second-order valence-electron chi connectivity index (χ2n) is 5.14. The molecule has 1 N–H and O–H groups in total. The summed E-state index contributed by atoms with van der Waals surface area (Å²) in [4.78, 5) is 21.2. The van der Waals surface area contributed by atoms with Crippen molar-refractivity contribution < 1.29 is 9.53 Å². The summed E-state index contributed by atoms with van der Waals surface area (Å²) in [5, 5.41) is 3.89. The van der Waals surface area contributed by atoms with Gasteiger partial charge < -0.3 is 10.1 Å². The molecule has 1 aliphatic carbocycles. The fraction of sp³-hybridized carbons (Fsp3) is 0.400. The van der Waals surface area contributed by atoms with Crippen molar-refractivity contribution in [2.75, 3.05) is 13.7 Å². The normalized spacial score (nSPS) is 15.7. The Hall–Kier alpha value is -1.79. The summed E-state index contributed by atoms with van der Waals surface area (Å²) in [5.74, 6) is 0.489. The van der Waals surface area contributed by atoms with E-state index in [-0.39, 0.29) is 11.9 Å². The summed E-state index contributed by atoms with van der Waals surface area (Å²) in [7, 11) is 1.66. The molecule has 5 nitrogen and oxygen atoms in total. The van der Waals surface area contributed by atoms with E-state index in [1.807, 2.05) is 12.1 Å². The third kappa shape index (κ3) is 3.46. The quantitative estimate of drug-likeness (QED) is 0.890. The first-order valence-electron chi connectivity index (χ1n) is 6.94. The van der Waals surface area contributed by atoms with E-state index in [0.29, 0.717) is 17.4 Å². The average Bonchev–Trinajstić information content (AvgIpc) is 3.24. The Kier molecular flexibility index (Phi) is 4.26. The largest absolute Gasteiger partial charge is 0.383 e.